The lowest BCUT2D eigenvalue weighted by Gasteiger charge is -2.11. The first-order chi connectivity index (χ1) is 6.22. The van der Waals surface area contributed by atoms with Crippen molar-refractivity contribution in [2.24, 2.45) is 0 Å². The average Bonchev–Trinajstić information content (AvgIpc) is 2.16. The van der Waals surface area contributed by atoms with Crippen LogP contribution in [-0.2, 0) is 4.74 Å². The fraction of sp³-hybridized carbons (Fsp3) is 0.400. The van der Waals surface area contributed by atoms with E-state index in [4.69, 9.17) is 4.74 Å². The van der Waals surface area contributed by atoms with Crippen LogP contribution in [0, 0.1) is 0 Å². The predicted octanol–water partition coefficient (Wildman–Crippen LogP) is 2.90. The Morgan fingerprint density at radius 1 is 1.38 bits per heavy atom. The molecule has 0 saturated carbocycles. The highest BCUT2D eigenvalue weighted by molar-refractivity contribution is 9.10. The molecule has 0 saturated heterocycles. The highest BCUT2D eigenvalue weighted by Gasteiger charge is 1.98. The Kier molecular flexibility index (Phi) is 4.25. The normalized spacial score (nSPS) is 12.5. The Morgan fingerprint density at radius 2 is 2.00 bits per heavy atom. The van der Waals surface area contributed by atoms with Crippen molar-refractivity contribution < 1.29 is 4.74 Å². The van der Waals surface area contributed by atoms with Gasteiger partial charge in [0.05, 0.1) is 6.10 Å². The summed E-state index contributed by atoms with van der Waals surface area (Å²) in [5.41, 5.74) is 1.12. The van der Waals surface area contributed by atoms with Crippen molar-refractivity contribution in [1.29, 1.82) is 0 Å². The van der Waals surface area contributed by atoms with Gasteiger partial charge >= 0.3 is 0 Å². The number of hydrogen-bond donors (Lipinski definition) is 1. The zero-order valence-corrected chi connectivity index (χ0v) is 9.47. The van der Waals surface area contributed by atoms with Crippen LogP contribution in [0.15, 0.2) is 28.7 Å². The molecule has 1 N–H and O–H groups in total. The van der Waals surface area contributed by atoms with E-state index in [0.29, 0.717) is 0 Å². The van der Waals surface area contributed by atoms with Gasteiger partial charge in [0.25, 0.3) is 0 Å². The molecule has 0 fully saturated rings. The molecule has 2 nitrogen and oxygen atoms in total. The van der Waals surface area contributed by atoms with Gasteiger partial charge in [-0.05, 0) is 31.2 Å². The molecule has 1 unspecified atom stereocenters. The number of benzene rings is 1. The molecule has 0 aliphatic carbocycles. The van der Waals surface area contributed by atoms with Gasteiger partial charge in [-0.3, -0.25) is 0 Å². The third-order valence-electron chi connectivity index (χ3n) is 1.84. The quantitative estimate of drug-likeness (QED) is 0.879. The van der Waals surface area contributed by atoms with Crippen LogP contribution in [0.4, 0.5) is 5.69 Å². The summed E-state index contributed by atoms with van der Waals surface area (Å²) in [7, 11) is 1.72. The molecule has 0 spiro atoms. The molecule has 1 aromatic rings. The standard InChI is InChI=1S/C10H14BrNO/c1-8(13-2)7-12-10-5-3-9(11)4-6-10/h3-6,8,12H,7H2,1-2H3. The molecule has 0 aliphatic rings. The summed E-state index contributed by atoms with van der Waals surface area (Å²) in [6, 6.07) is 8.10. The first kappa shape index (κ1) is 10.5. The number of methoxy groups -OCH3 is 1. The molecule has 0 aromatic heterocycles. The summed E-state index contributed by atoms with van der Waals surface area (Å²) in [6.45, 7) is 2.87. The van der Waals surface area contributed by atoms with Crippen LogP contribution < -0.4 is 5.32 Å². The second-order valence-corrected chi connectivity index (χ2v) is 3.85. The number of rotatable bonds is 4. The van der Waals surface area contributed by atoms with Crippen molar-refractivity contribution in [1.82, 2.24) is 0 Å². The second-order valence-electron chi connectivity index (χ2n) is 2.93. The third kappa shape index (κ3) is 3.79. The lowest BCUT2D eigenvalue weighted by Crippen LogP contribution is -2.17. The monoisotopic (exact) mass is 243 g/mol. The van der Waals surface area contributed by atoms with Gasteiger partial charge in [0.1, 0.15) is 0 Å². The summed E-state index contributed by atoms with van der Waals surface area (Å²) < 4.78 is 6.22. The van der Waals surface area contributed by atoms with Gasteiger partial charge in [0.2, 0.25) is 0 Å². The number of halogens is 1. The van der Waals surface area contributed by atoms with E-state index in [0.717, 1.165) is 16.7 Å². The van der Waals surface area contributed by atoms with E-state index in [1.54, 1.807) is 7.11 Å². The number of nitrogens with one attached hydrogen (secondary N) is 1. The fourth-order valence-corrected chi connectivity index (χ4v) is 1.18. The summed E-state index contributed by atoms with van der Waals surface area (Å²) in [6.07, 6.45) is 0.239. The first-order valence-electron chi connectivity index (χ1n) is 4.24. The van der Waals surface area contributed by atoms with Crippen LogP contribution in [0.3, 0.4) is 0 Å². The van der Waals surface area contributed by atoms with E-state index in [1.807, 2.05) is 31.2 Å². The van der Waals surface area contributed by atoms with Gasteiger partial charge in [0, 0.05) is 23.8 Å². The van der Waals surface area contributed by atoms with Crippen LogP contribution in [0.5, 0.6) is 0 Å². The lowest BCUT2D eigenvalue weighted by atomic mass is 10.3. The summed E-state index contributed by atoms with van der Waals surface area (Å²) in [5, 5.41) is 3.28. The van der Waals surface area contributed by atoms with Gasteiger partial charge < -0.3 is 10.1 Å². The number of ether oxygens (including phenoxy) is 1. The molecule has 0 amide bonds. The van der Waals surface area contributed by atoms with Crippen LogP contribution in [0.2, 0.25) is 0 Å². The third-order valence-corrected chi connectivity index (χ3v) is 2.37. The van der Waals surface area contributed by atoms with Crippen molar-refractivity contribution in [3.05, 3.63) is 28.7 Å². The molecule has 0 heterocycles. The van der Waals surface area contributed by atoms with Gasteiger partial charge in [-0.2, -0.15) is 0 Å². The van der Waals surface area contributed by atoms with Gasteiger partial charge in [-0.15, -0.1) is 0 Å². The number of anilines is 1. The Morgan fingerprint density at radius 3 is 2.54 bits per heavy atom. The molecule has 1 aromatic carbocycles. The fourth-order valence-electron chi connectivity index (χ4n) is 0.913. The predicted molar refractivity (Wildman–Crippen MR) is 59.1 cm³/mol. The average molecular weight is 244 g/mol. The molecule has 3 heteroatoms. The SMILES string of the molecule is COC(C)CNc1ccc(Br)cc1. The minimum absolute atomic E-state index is 0.239. The second kappa shape index (κ2) is 5.25. The molecular formula is C10H14BrNO. The van der Waals surface area contributed by atoms with E-state index < -0.39 is 0 Å². The summed E-state index contributed by atoms with van der Waals surface area (Å²) in [4.78, 5) is 0. The van der Waals surface area contributed by atoms with E-state index in [-0.39, 0.29) is 6.10 Å². The highest BCUT2D eigenvalue weighted by atomic mass is 79.9. The Hall–Kier alpha value is -0.540. The van der Waals surface area contributed by atoms with E-state index in [1.165, 1.54) is 0 Å². The van der Waals surface area contributed by atoms with Crippen molar-refractivity contribution >= 4 is 21.6 Å². The van der Waals surface area contributed by atoms with Crippen molar-refractivity contribution in [2.75, 3.05) is 19.0 Å². The Balaban J connectivity index is 2.41. The van der Waals surface area contributed by atoms with Crippen LogP contribution in [0.1, 0.15) is 6.92 Å². The van der Waals surface area contributed by atoms with E-state index >= 15 is 0 Å². The van der Waals surface area contributed by atoms with Crippen molar-refractivity contribution in [2.45, 2.75) is 13.0 Å². The maximum absolute atomic E-state index is 5.12. The van der Waals surface area contributed by atoms with E-state index in [2.05, 4.69) is 21.2 Å². The molecule has 0 aliphatic heterocycles. The van der Waals surface area contributed by atoms with Gasteiger partial charge in [-0.1, -0.05) is 15.9 Å². The Labute approximate surface area is 87.4 Å². The van der Waals surface area contributed by atoms with Crippen LogP contribution in [-0.4, -0.2) is 19.8 Å². The van der Waals surface area contributed by atoms with Gasteiger partial charge in [0.15, 0.2) is 0 Å². The molecule has 0 radical (unpaired) electrons. The summed E-state index contributed by atoms with van der Waals surface area (Å²) >= 11 is 3.39. The van der Waals surface area contributed by atoms with Crippen LogP contribution in [0.25, 0.3) is 0 Å². The van der Waals surface area contributed by atoms with Crippen LogP contribution >= 0.6 is 15.9 Å². The minimum Gasteiger partial charge on any atom is -0.382 e. The highest BCUT2D eigenvalue weighted by Crippen LogP contribution is 2.13. The topological polar surface area (TPSA) is 21.3 Å². The molecule has 1 atom stereocenters. The lowest BCUT2D eigenvalue weighted by molar-refractivity contribution is 0.129. The maximum atomic E-state index is 5.12. The smallest absolute Gasteiger partial charge is 0.0715 e. The molecule has 13 heavy (non-hydrogen) atoms. The van der Waals surface area contributed by atoms with E-state index in [9.17, 15) is 0 Å². The largest absolute Gasteiger partial charge is 0.382 e. The molecule has 1 rings (SSSR count). The molecule has 0 bridgehead atoms. The van der Waals surface area contributed by atoms with Crippen molar-refractivity contribution in [3.63, 3.8) is 0 Å². The number of hydrogen-bond acceptors (Lipinski definition) is 2. The first-order valence-corrected chi connectivity index (χ1v) is 5.04. The van der Waals surface area contributed by atoms with Crippen molar-refractivity contribution in [3.8, 4) is 0 Å². The maximum Gasteiger partial charge on any atom is 0.0715 e. The minimum atomic E-state index is 0.239. The van der Waals surface area contributed by atoms with Gasteiger partial charge in [-0.25, -0.2) is 0 Å². The Bertz CT molecular complexity index is 248. The zero-order valence-electron chi connectivity index (χ0n) is 7.88. The molecule has 72 valence electrons. The summed E-state index contributed by atoms with van der Waals surface area (Å²) in [5.74, 6) is 0. The molecular weight excluding hydrogens is 230 g/mol. The zero-order chi connectivity index (χ0) is 9.68.